The maximum atomic E-state index is 12.2. The standard InChI is InChI=1S/C31H35N9O2/c1-19-16-34-39(18-19)26-10-9-23(17-33-26)21(3)40(27-15-20(2)37-38-27)29-24-7-5-6-8-25(24)35-28(36-29)22-11-13-31(42-4,14-12-22)30(32)41/h5-10,15-18,21-22H,11-14H2,1-4H3,(H2,32,41)(H,37,38)/t21-,22?,31?/m0/s1. The Morgan fingerprint density at radius 1 is 1.14 bits per heavy atom. The third-order valence-electron chi connectivity index (χ3n) is 8.35. The molecule has 4 aromatic heterocycles. The Labute approximate surface area is 244 Å². The molecule has 1 aliphatic rings. The highest BCUT2D eigenvalue weighted by atomic mass is 16.5. The second-order valence-electron chi connectivity index (χ2n) is 11.1. The molecule has 0 saturated heterocycles. The monoisotopic (exact) mass is 565 g/mol. The first kappa shape index (κ1) is 27.5. The molecule has 42 heavy (non-hydrogen) atoms. The number of hydrogen-bond donors (Lipinski definition) is 2. The highest BCUT2D eigenvalue weighted by molar-refractivity contribution is 5.91. The molecule has 4 heterocycles. The zero-order valence-electron chi connectivity index (χ0n) is 24.3. The van der Waals surface area contributed by atoms with Gasteiger partial charge < -0.3 is 15.4 Å². The summed E-state index contributed by atoms with van der Waals surface area (Å²) in [6.07, 6.45) is 8.09. The lowest BCUT2D eigenvalue weighted by Gasteiger charge is -2.36. The molecular formula is C31H35N9O2. The number of fused-ring (bicyclic) bond motifs is 1. The fourth-order valence-corrected chi connectivity index (χ4v) is 5.82. The number of hydrogen-bond acceptors (Lipinski definition) is 8. The van der Waals surface area contributed by atoms with Crippen LogP contribution in [0.4, 0.5) is 11.6 Å². The molecule has 1 atom stereocenters. The molecule has 0 aliphatic heterocycles. The molecule has 1 amide bonds. The molecule has 11 heteroatoms. The number of H-pyrrole nitrogens is 1. The van der Waals surface area contributed by atoms with Crippen LogP contribution in [0.3, 0.4) is 0 Å². The zero-order valence-corrected chi connectivity index (χ0v) is 24.3. The van der Waals surface area contributed by atoms with Gasteiger partial charge in [-0.25, -0.2) is 19.6 Å². The number of nitrogens with two attached hydrogens (primary N) is 1. The van der Waals surface area contributed by atoms with E-state index in [2.05, 4.69) is 33.2 Å². The quantitative estimate of drug-likeness (QED) is 0.268. The Bertz CT molecular complexity index is 1720. The van der Waals surface area contributed by atoms with Gasteiger partial charge in [0, 0.05) is 42.6 Å². The first-order chi connectivity index (χ1) is 20.3. The van der Waals surface area contributed by atoms with Crippen LogP contribution in [0.2, 0.25) is 0 Å². The Morgan fingerprint density at radius 3 is 2.55 bits per heavy atom. The van der Waals surface area contributed by atoms with Gasteiger partial charge in [-0.2, -0.15) is 10.2 Å². The van der Waals surface area contributed by atoms with E-state index in [0.717, 1.165) is 51.0 Å². The van der Waals surface area contributed by atoms with E-state index in [1.807, 2.05) is 68.8 Å². The van der Waals surface area contributed by atoms with Crippen molar-refractivity contribution in [1.82, 2.24) is 34.9 Å². The molecule has 216 valence electrons. The number of carbonyl (C=O) groups is 1. The summed E-state index contributed by atoms with van der Waals surface area (Å²) < 4.78 is 7.36. The second kappa shape index (κ2) is 11.0. The largest absolute Gasteiger partial charge is 0.368 e. The fraction of sp³-hybridized carbons (Fsp3) is 0.355. The van der Waals surface area contributed by atoms with E-state index < -0.39 is 11.5 Å². The van der Waals surface area contributed by atoms with Gasteiger partial charge in [0.1, 0.15) is 17.2 Å². The first-order valence-electron chi connectivity index (χ1n) is 14.2. The number of pyridine rings is 1. The second-order valence-corrected chi connectivity index (χ2v) is 11.1. The summed E-state index contributed by atoms with van der Waals surface area (Å²) in [4.78, 5) is 29.2. The van der Waals surface area contributed by atoms with Crippen molar-refractivity contribution in [3.63, 3.8) is 0 Å². The van der Waals surface area contributed by atoms with Crippen molar-refractivity contribution in [1.29, 1.82) is 0 Å². The molecule has 3 N–H and O–H groups in total. The molecule has 11 nitrogen and oxygen atoms in total. The molecule has 0 bridgehead atoms. The summed E-state index contributed by atoms with van der Waals surface area (Å²) in [5, 5.41) is 13.0. The van der Waals surface area contributed by atoms with Crippen molar-refractivity contribution in [3.05, 3.63) is 83.7 Å². The number of aromatic nitrogens is 7. The number of primary amides is 1. The highest BCUT2D eigenvalue weighted by Crippen LogP contribution is 2.42. The summed E-state index contributed by atoms with van der Waals surface area (Å²) in [5.41, 5.74) is 8.64. The average Bonchev–Trinajstić information content (AvgIpc) is 3.65. The Kier molecular flexibility index (Phi) is 7.19. The normalized spacial score (nSPS) is 19.6. The van der Waals surface area contributed by atoms with E-state index >= 15 is 0 Å². The predicted octanol–water partition coefficient (Wildman–Crippen LogP) is 4.98. The van der Waals surface area contributed by atoms with Crippen LogP contribution in [-0.2, 0) is 9.53 Å². The summed E-state index contributed by atoms with van der Waals surface area (Å²) in [6, 6.07) is 13.9. The maximum absolute atomic E-state index is 12.2. The van der Waals surface area contributed by atoms with E-state index in [4.69, 9.17) is 25.4 Å². The minimum absolute atomic E-state index is 0.0625. The minimum Gasteiger partial charge on any atom is -0.368 e. The number of rotatable bonds is 8. The number of nitrogens with zero attached hydrogens (tertiary/aromatic N) is 7. The number of methoxy groups -OCH3 is 1. The molecular weight excluding hydrogens is 530 g/mol. The van der Waals surface area contributed by atoms with Crippen molar-refractivity contribution >= 4 is 28.4 Å². The topological polar surface area (TPSA) is 141 Å². The number of amides is 1. The molecule has 0 spiro atoms. The maximum Gasteiger partial charge on any atom is 0.249 e. The lowest BCUT2D eigenvalue weighted by atomic mass is 9.78. The van der Waals surface area contributed by atoms with Crippen LogP contribution in [0.25, 0.3) is 16.7 Å². The molecule has 1 aromatic carbocycles. The third-order valence-corrected chi connectivity index (χ3v) is 8.35. The number of benzene rings is 1. The number of ether oxygens (including phenoxy) is 1. The number of aryl methyl sites for hydroxylation is 2. The van der Waals surface area contributed by atoms with Crippen LogP contribution in [0.5, 0.6) is 0 Å². The smallest absolute Gasteiger partial charge is 0.249 e. The van der Waals surface area contributed by atoms with Crippen LogP contribution < -0.4 is 10.6 Å². The van der Waals surface area contributed by atoms with Gasteiger partial charge in [0.15, 0.2) is 11.6 Å². The SMILES string of the molecule is COC1(C(N)=O)CCC(c2nc(N(c3cc(C)[nH]n3)[C@@H](C)c3ccc(-n4cc(C)cn4)nc3)c3ccccc3n2)CC1. The van der Waals surface area contributed by atoms with E-state index in [1.54, 1.807) is 11.8 Å². The van der Waals surface area contributed by atoms with E-state index in [0.29, 0.717) is 25.7 Å². The van der Waals surface area contributed by atoms with Crippen molar-refractivity contribution in [2.24, 2.45) is 5.73 Å². The van der Waals surface area contributed by atoms with Gasteiger partial charge in [0.2, 0.25) is 5.91 Å². The van der Waals surface area contributed by atoms with Gasteiger partial charge >= 0.3 is 0 Å². The average molecular weight is 566 g/mol. The molecule has 1 fully saturated rings. The van der Waals surface area contributed by atoms with E-state index in [9.17, 15) is 4.79 Å². The predicted molar refractivity (Wildman–Crippen MR) is 160 cm³/mol. The number of nitrogens with one attached hydrogen (secondary N) is 1. The third kappa shape index (κ3) is 5.00. The van der Waals surface area contributed by atoms with Crippen LogP contribution in [0.1, 0.15) is 67.2 Å². The van der Waals surface area contributed by atoms with E-state index in [-0.39, 0.29) is 12.0 Å². The zero-order chi connectivity index (χ0) is 29.4. The number of para-hydroxylation sites is 1. The molecule has 0 unspecified atom stereocenters. The Hall–Kier alpha value is -4.64. The molecule has 0 radical (unpaired) electrons. The first-order valence-corrected chi connectivity index (χ1v) is 14.2. The van der Waals surface area contributed by atoms with Gasteiger partial charge in [-0.1, -0.05) is 18.2 Å². The summed E-state index contributed by atoms with van der Waals surface area (Å²) >= 11 is 0. The van der Waals surface area contributed by atoms with Crippen LogP contribution >= 0.6 is 0 Å². The van der Waals surface area contributed by atoms with Crippen molar-refractivity contribution in [2.45, 2.75) is 64.0 Å². The van der Waals surface area contributed by atoms with Crippen LogP contribution in [0.15, 0.2) is 61.1 Å². The lowest BCUT2D eigenvalue weighted by molar-refractivity contribution is -0.144. The van der Waals surface area contributed by atoms with Gasteiger partial charge in [0.05, 0.1) is 17.8 Å². The van der Waals surface area contributed by atoms with Gasteiger partial charge in [-0.15, -0.1) is 0 Å². The van der Waals surface area contributed by atoms with E-state index in [1.165, 1.54) is 0 Å². The Balaban J connectivity index is 1.41. The molecule has 1 saturated carbocycles. The van der Waals surface area contributed by atoms with Gasteiger partial charge in [0.25, 0.3) is 0 Å². The lowest BCUT2D eigenvalue weighted by Crippen LogP contribution is -2.48. The fourth-order valence-electron chi connectivity index (χ4n) is 5.82. The molecule has 6 rings (SSSR count). The molecule has 5 aromatic rings. The van der Waals surface area contributed by atoms with Crippen molar-refractivity contribution in [3.8, 4) is 5.82 Å². The number of anilines is 2. The van der Waals surface area contributed by atoms with Crippen molar-refractivity contribution in [2.75, 3.05) is 12.0 Å². The highest BCUT2D eigenvalue weighted by Gasteiger charge is 2.42. The van der Waals surface area contributed by atoms with Crippen LogP contribution in [0, 0.1) is 13.8 Å². The van der Waals surface area contributed by atoms with Crippen molar-refractivity contribution < 1.29 is 9.53 Å². The Morgan fingerprint density at radius 2 is 1.93 bits per heavy atom. The number of aromatic amines is 1. The summed E-state index contributed by atoms with van der Waals surface area (Å²) in [5.74, 6) is 2.64. The molecule has 1 aliphatic carbocycles. The number of carbonyl (C=O) groups excluding carboxylic acids is 1. The summed E-state index contributed by atoms with van der Waals surface area (Å²) in [7, 11) is 1.55. The van der Waals surface area contributed by atoms with Crippen LogP contribution in [-0.4, -0.2) is 53.5 Å². The van der Waals surface area contributed by atoms with Gasteiger partial charge in [-0.3, -0.25) is 9.89 Å². The van der Waals surface area contributed by atoms with Gasteiger partial charge in [-0.05, 0) is 75.8 Å². The minimum atomic E-state index is -0.933. The summed E-state index contributed by atoms with van der Waals surface area (Å²) in [6.45, 7) is 6.10.